The number of rotatable bonds is 7. The van der Waals surface area contributed by atoms with E-state index in [0.717, 1.165) is 22.2 Å². The zero-order valence-corrected chi connectivity index (χ0v) is 18.7. The molecule has 0 bridgehead atoms. The fourth-order valence-corrected chi connectivity index (χ4v) is 4.00. The first-order chi connectivity index (χ1) is 15.4. The Morgan fingerprint density at radius 2 is 2.06 bits per heavy atom. The number of ether oxygens (including phenoxy) is 2. The molecule has 0 radical (unpaired) electrons. The monoisotopic (exact) mass is 437 g/mol. The third-order valence-electron chi connectivity index (χ3n) is 5.67. The van der Waals surface area contributed by atoms with E-state index < -0.39 is 5.92 Å². The van der Waals surface area contributed by atoms with Crippen LogP contribution in [0.4, 0.5) is 5.82 Å². The van der Waals surface area contributed by atoms with Crippen LogP contribution in [0.1, 0.15) is 17.7 Å². The van der Waals surface area contributed by atoms with Crippen molar-refractivity contribution in [2.24, 2.45) is 5.92 Å². The summed E-state index contributed by atoms with van der Waals surface area (Å²) in [5, 5.41) is 8.47. The van der Waals surface area contributed by atoms with Gasteiger partial charge in [-0.05, 0) is 31.5 Å². The van der Waals surface area contributed by atoms with E-state index in [1.165, 1.54) is 0 Å². The molecule has 4 rings (SSSR count). The van der Waals surface area contributed by atoms with Gasteiger partial charge in [0.05, 0.1) is 25.3 Å². The van der Waals surface area contributed by atoms with Crippen LogP contribution in [-0.2, 0) is 14.3 Å². The largest absolute Gasteiger partial charge is 0.494 e. The second kappa shape index (κ2) is 8.96. The number of pyridine rings is 1. The molecule has 3 aromatic rings. The molecule has 0 aliphatic carbocycles. The van der Waals surface area contributed by atoms with Gasteiger partial charge in [-0.1, -0.05) is 12.1 Å². The number of hydrogen-bond donors (Lipinski definition) is 1. The maximum atomic E-state index is 12.9. The fraction of sp³-hybridized carbons (Fsp3) is 0.391. The number of carbonyl (C=O) groups excluding carboxylic acids is 2. The zero-order valence-electron chi connectivity index (χ0n) is 18.7. The Balaban J connectivity index is 1.62. The molecule has 1 aromatic carbocycles. The SMILES string of the molecule is COCCN1CC(C(=O)Nc2cc(C)nn2-c2cc(C)c3cccc(OC)c3n2)CC1=O. The van der Waals surface area contributed by atoms with Crippen molar-refractivity contribution in [1.82, 2.24) is 19.7 Å². The quantitative estimate of drug-likeness (QED) is 0.610. The van der Waals surface area contributed by atoms with E-state index in [9.17, 15) is 9.59 Å². The predicted molar refractivity (Wildman–Crippen MR) is 120 cm³/mol. The summed E-state index contributed by atoms with van der Waals surface area (Å²) in [6, 6.07) is 9.50. The Labute approximate surface area is 186 Å². The molecule has 1 aliphatic heterocycles. The van der Waals surface area contributed by atoms with Crippen molar-refractivity contribution in [2.45, 2.75) is 20.3 Å². The summed E-state index contributed by atoms with van der Waals surface area (Å²) < 4.78 is 12.1. The number of aromatic nitrogens is 3. The smallest absolute Gasteiger partial charge is 0.230 e. The third kappa shape index (κ3) is 4.16. The van der Waals surface area contributed by atoms with Gasteiger partial charge in [0.25, 0.3) is 0 Å². The number of benzene rings is 1. The molecule has 0 spiro atoms. The maximum absolute atomic E-state index is 12.9. The van der Waals surface area contributed by atoms with Crippen LogP contribution in [0.15, 0.2) is 30.3 Å². The minimum Gasteiger partial charge on any atom is -0.494 e. The van der Waals surface area contributed by atoms with Gasteiger partial charge in [0.2, 0.25) is 11.8 Å². The van der Waals surface area contributed by atoms with Gasteiger partial charge in [0.1, 0.15) is 17.1 Å². The number of anilines is 1. The fourth-order valence-electron chi connectivity index (χ4n) is 4.00. The van der Waals surface area contributed by atoms with Crippen molar-refractivity contribution in [3.8, 4) is 11.6 Å². The van der Waals surface area contributed by atoms with E-state index in [-0.39, 0.29) is 18.2 Å². The summed E-state index contributed by atoms with van der Waals surface area (Å²) in [7, 11) is 3.20. The molecule has 9 heteroatoms. The third-order valence-corrected chi connectivity index (χ3v) is 5.67. The highest BCUT2D eigenvalue weighted by Crippen LogP contribution is 2.29. The first-order valence-electron chi connectivity index (χ1n) is 10.5. The molecule has 0 saturated carbocycles. The number of aryl methyl sites for hydroxylation is 2. The summed E-state index contributed by atoms with van der Waals surface area (Å²) in [6.07, 6.45) is 0.188. The highest BCUT2D eigenvalue weighted by Gasteiger charge is 2.34. The minimum atomic E-state index is -0.422. The molecule has 2 amide bonds. The average molecular weight is 438 g/mol. The lowest BCUT2D eigenvalue weighted by molar-refractivity contribution is -0.128. The lowest BCUT2D eigenvalue weighted by Crippen LogP contribution is -2.31. The molecule has 168 valence electrons. The molecule has 3 heterocycles. The van der Waals surface area contributed by atoms with E-state index in [2.05, 4.69) is 10.4 Å². The van der Waals surface area contributed by atoms with Gasteiger partial charge < -0.3 is 19.7 Å². The molecule has 1 fully saturated rings. The topological polar surface area (TPSA) is 98.6 Å². The van der Waals surface area contributed by atoms with Crippen LogP contribution in [0.3, 0.4) is 0 Å². The highest BCUT2D eigenvalue weighted by molar-refractivity contribution is 5.97. The molecule has 2 aromatic heterocycles. The van der Waals surface area contributed by atoms with Gasteiger partial charge in [0, 0.05) is 38.1 Å². The lowest BCUT2D eigenvalue weighted by Gasteiger charge is -2.16. The highest BCUT2D eigenvalue weighted by atomic mass is 16.5. The molecule has 1 unspecified atom stereocenters. The number of carbonyl (C=O) groups is 2. The Morgan fingerprint density at radius 1 is 1.25 bits per heavy atom. The molecule has 9 nitrogen and oxygen atoms in total. The number of fused-ring (bicyclic) bond motifs is 1. The summed E-state index contributed by atoms with van der Waals surface area (Å²) in [6.45, 7) is 5.17. The second-order valence-electron chi connectivity index (χ2n) is 7.96. The number of hydrogen-bond acceptors (Lipinski definition) is 6. The van der Waals surface area contributed by atoms with Crippen molar-refractivity contribution in [3.63, 3.8) is 0 Å². The summed E-state index contributed by atoms with van der Waals surface area (Å²) in [5.41, 5.74) is 2.49. The van der Waals surface area contributed by atoms with Gasteiger partial charge in [0.15, 0.2) is 5.82 Å². The van der Waals surface area contributed by atoms with E-state index in [1.807, 2.05) is 38.1 Å². The summed E-state index contributed by atoms with van der Waals surface area (Å²) in [4.78, 5) is 31.6. The van der Waals surface area contributed by atoms with Crippen LogP contribution in [-0.4, -0.2) is 65.4 Å². The Bertz CT molecular complexity index is 1170. The van der Waals surface area contributed by atoms with Crippen LogP contribution in [0.5, 0.6) is 5.75 Å². The number of para-hydroxylation sites is 1. The average Bonchev–Trinajstić information content (AvgIpc) is 3.33. The van der Waals surface area contributed by atoms with Crippen LogP contribution >= 0.6 is 0 Å². The Morgan fingerprint density at radius 3 is 2.81 bits per heavy atom. The van der Waals surface area contributed by atoms with Gasteiger partial charge in [-0.25, -0.2) is 4.98 Å². The Kier molecular flexibility index (Phi) is 6.09. The molecular formula is C23H27N5O4. The second-order valence-corrected chi connectivity index (χ2v) is 7.96. The molecule has 32 heavy (non-hydrogen) atoms. The van der Waals surface area contributed by atoms with E-state index in [0.29, 0.717) is 37.1 Å². The molecular weight excluding hydrogens is 410 g/mol. The van der Waals surface area contributed by atoms with Crippen molar-refractivity contribution in [3.05, 3.63) is 41.6 Å². The molecule has 1 saturated heterocycles. The van der Waals surface area contributed by atoms with Crippen molar-refractivity contribution in [1.29, 1.82) is 0 Å². The molecule has 1 aliphatic rings. The first kappa shape index (κ1) is 21.8. The number of nitrogens with zero attached hydrogens (tertiary/aromatic N) is 4. The van der Waals surface area contributed by atoms with Gasteiger partial charge in [-0.3, -0.25) is 9.59 Å². The molecule has 1 atom stereocenters. The van der Waals surface area contributed by atoms with Gasteiger partial charge in [-0.2, -0.15) is 9.78 Å². The van der Waals surface area contributed by atoms with Crippen LogP contribution in [0.2, 0.25) is 0 Å². The lowest BCUT2D eigenvalue weighted by atomic mass is 10.1. The van der Waals surface area contributed by atoms with Gasteiger partial charge >= 0.3 is 0 Å². The van der Waals surface area contributed by atoms with Crippen molar-refractivity contribution >= 4 is 28.5 Å². The number of nitrogens with one attached hydrogen (secondary N) is 1. The van der Waals surface area contributed by atoms with Crippen molar-refractivity contribution in [2.75, 3.05) is 39.2 Å². The van der Waals surface area contributed by atoms with Crippen LogP contribution < -0.4 is 10.1 Å². The van der Waals surface area contributed by atoms with Crippen LogP contribution in [0, 0.1) is 19.8 Å². The predicted octanol–water partition coefficient (Wildman–Crippen LogP) is 2.48. The first-order valence-corrected chi connectivity index (χ1v) is 10.5. The zero-order chi connectivity index (χ0) is 22.8. The van der Waals surface area contributed by atoms with Crippen LogP contribution in [0.25, 0.3) is 16.7 Å². The van der Waals surface area contributed by atoms with E-state index in [4.69, 9.17) is 14.5 Å². The standard InChI is InChI=1S/C23H27N5O4/c1-14-10-19(24-22-17(14)6-5-7-18(22)32-4)28-20(11-15(2)26-28)25-23(30)16-12-21(29)27(13-16)8-9-31-3/h5-7,10-11,16H,8-9,12-13H2,1-4H3,(H,25,30). The normalized spacial score (nSPS) is 16.1. The summed E-state index contributed by atoms with van der Waals surface area (Å²) in [5.74, 6) is 1.08. The number of methoxy groups -OCH3 is 2. The van der Waals surface area contributed by atoms with Gasteiger partial charge in [-0.15, -0.1) is 0 Å². The maximum Gasteiger partial charge on any atom is 0.230 e. The number of likely N-dealkylation sites (tertiary alicyclic amines) is 1. The number of amides is 2. The summed E-state index contributed by atoms with van der Waals surface area (Å²) >= 11 is 0. The van der Waals surface area contributed by atoms with E-state index >= 15 is 0 Å². The molecule has 1 N–H and O–H groups in total. The Hall–Kier alpha value is -3.46. The minimum absolute atomic E-state index is 0.0363. The van der Waals surface area contributed by atoms with Crippen molar-refractivity contribution < 1.29 is 19.1 Å². The van der Waals surface area contributed by atoms with E-state index in [1.54, 1.807) is 29.9 Å².